The molecule has 7 nitrogen and oxygen atoms in total. The van der Waals surface area contributed by atoms with E-state index < -0.39 is 0 Å². The van der Waals surface area contributed by atoms with Crippen LogP contribution in [0.2, 0.25) is 0 Å². The van der Waals surface area contributed by atoms with Gasteiger partial charge in [-0.2, -0.15) is 0 Å². The Morgan fingerprint density at radius 3 is 2.67 bits per heavy atom. The van der Waals surface area contributed by atoms with E-state index in [1.165, 1.54) is 6.33 Å². The van der Waals surface area contributed by atoms with Crippen LogP contribution in [0.4, 0.5) is 5.82 Å². The lowest BCUT2D eigenvalue weighted by Gasteiger charge is -2.36. The van der Waals surface area contributed by atoms with Gasteiger partial charge in [-0.15, -0.1) is 0 Å². The van der Waals surface area contributed by atoms with E-state index in [-0.39, 0.29) is 17.9 Å². The molecule has 0 spiro atoms. The van der Waals surface area contributed by atoms with Gasteiger partial charge in [-0.1, -0.05) is 42.5 Å². The van der Waals surface area contributed by atoms with Crippen molar-refractivity contribution in [1.29, 1.82) is 0 Å². The normalized spacial score (nSPS) is 17.5. The van der Waals surface area contributed by atoms with Gasteiger partial charge in [0, 0.05) is 37.8 Å². The van der Waals surface area contributed by atoms with Gasteiger partial charge < -0.3 is 19.9 Å². The predicted octanol–water partition coefficient (Wildman–Crippen LogP) is 4.30. The van der Waals surface area contributed by atoms with Crippen LogP contribution < -0.4 is 10.5 Å². The molecule has 33 heavy (non-hydrogen) atoms. The zero-order chi connectivity index (χ0) is 22.9. The number of anilines is 1. The first kappa shape index (κ1) is 21.0. The molecular formula is C26H27N5O2. The molecule has 0 unspecified atom stereocenters. The smallest absolute Gasteiger partial charge is 0.225 e. The van der Waals surface area contributed by atoms with Crippen LogP contribution in [0.15, 0.2) is 67.1 Å². The van der Waals surface area contributed by atoms with E-state index in [0.717, 1.165) is 46.3 Å². The summed E-state index contributed by atoms with van der Waals surface area (Å²) in [5.74, 6) is 1.47. The summed E-state index contributed by atoms with van der Waals surface area (Å²) in [5, 5.41) is 0.833. The molecule has 1 aliphatic rings. The fourth-order valence-electron chi connectivity index (χ4n) is 4.48. The Balaban J connectivity index is 1.45. The molecule has 1 saturated carbocycles. The number of aromatic nitrogens is 3. The van der Waals surface area contributed by atoms with Gasteiger partial charge >= 0.3 is 0 Å². The molecule has 2 aromatic heterocycles. The van der Waals surface area contributed by atoms with Crippen LogP contribution in [0.25, 0.3) is 22.2 Å². The van der Waals surface area contributed by atoms with Crippen molar-refractivity contribution < 1.29 is 9.53 Å². The monoisotopic (exact) mass is 441 g/mol. The third kappa shape index (κ3) is 4.02. The summed E-state index contributed by atoms with van der Waals surface area (Å²) in [6, 6.07) is 18.3. The summed E-state index contributed by atoms with van der Waals surface area (Å²) in [5.41, 5.74) is 10.2. The molecule has 2 heterocycles. The molecule has 1 fully saturated rings. The average molecular weight is 442 g/mol. The SMILES string of the molecule is CN(C)C(=O)C1CC(n2cc(-c3cccc(OCc4ccccc4)c3)c3c(N)ncnc32)C1. The first-order valence-corrected chi connectivity index (χ1v) is 11.1. The summed E-state index contributed by atoms with van der Waals surface area (Å²) in [7, 11) is 3.61. The molecule has 0 bridgehead atoms. The van der Waals surface area contributed by atoms with Crippen LogP contribution in [0.3, 0.4) is 0 Å². The number of ether oxygens (including phenoxy) is 1. The highest BCUT2D eigenvalue weighted by molar-refractivity contribution is 6.00. The van der Waals surface area contributed by atoms with Crippen LogP contribution >= 0.6 is 0 Å². The van der Waals surface area contributed by atoms with Gasteiger partial charge in [0.2, 0.25) is 5.91 Å². The number of hydrogen-bond donors (Lipinski definition) is 1. The Bertz CT molecular complexity index is 1290. The van der Waals surface area contributed by atoms with Gasteiger partial charge in [0.05, 0.1) is 5.39 Å². The quantitative estimate of drug-likeness (QED) is 0.482. The van der Waals surface area contributed by atoms with E-state index in [9.17, 15) is 4.79 Å². The Hall–Kier alpha value is -3.87. The molecule has 2 N–H and O–H groups in total. The number of nitrogens with zero attached hydrogens (tertiary/aromatic N) is 4. The fourth-order valence-corrected chi connectivity index (χ4v) is 4.48. The maximum atomic E-state index is 12.3. The molecule has 2 aromatic carbocycles. The molecule has 0 atom stereocenters. The average Bonchev–Trinajstić information content (AvgIpc) is 3.18. The molecule has 1 amide bonds. The number of carbonyl (C=O) groups is 1. The number of nitrogen functional groups attached to an aromatic ring is 1. The van der Waals surface area contributed by atoms with Gasteiger partial charge in [-0.3, -0.25) is 4.79 Å². The maximum absolute atomic E-state index is 12.3. The minimum atomic E-state index is 0.0554. The second-order valence-electron chi connectivity index (χ2n) is 8.76. The molecule has 7 heteroatoms. The summed E-state index contributed by atoms with van der Waals surface area (Å²) >= 11 is 0. The Kier molecular flexibility index (Phi) is 5.46. The first-order chi connectivity index (χ1) is 16.0. The number of nitrogens with two attached hydrogens (primary N) is 1. The zero-order valence-electron chi connectivity index (χ0n) is 18.8. The molecular weight excluding hydrogens is 414 g/mol. The topological polar surface area (TPSA) is 86.3 Å². The van der Waals surface area contributed by atoms with E-state index in [4.69, 9.17) is 10.5 Å². The highest BCUT2D eigenvalue weighted by Gasteiger charge is 2.37. The number of amides is 1. The standard InChI is InChI=1S/C26H27N5O2/c1-30(2)26(32)19-11-20(12-19)31-14-22(23-24(27)28-16-29-25(23)31)18-9-6-10-21(13-18)33-15-17-7-4-3-5-8-17/h3-10,13-14,16,19-20H,11-12,15H2,1-2H3,(H2,27,28,29). The van der Waals surface area contributed by atoms with Crippen molar-refractivity contribution in [2.24, 2.45) is 5.92 Å². The molecule has 0 aliphatic heterocycles. The number of hydrogen-bond acceptors (Lipinski definition) is 5. The second-order valence-corrected chi connectivity index (χ2v) is 8.76. The van der Waals surface area contributed by atoms with Gasteiger partial charge in [-0.25, -0.2) is 9.97 Å². The van der Waals surface area contributed by atoms with Crippen molar-refractivity contribution in [1.82, 2.24) is 19.4 Å². The molecule has 0 radical (unpaired) electrons. The largest absolute Gasteiger partial charge is 0.489 e. The Labute approximate surface area is 192 Å². The van der Waals surface area contributed by atoms with E-state index in [1.54, 1.807) is 19.0 Å². The van der Waals surface area contributed by atoms with Gasteiger partial charge in [0.25, 0.3) is 0 Å². The molecule has 0 saturated heterocycles. The number of rotatable bonds is 6. The van der Waals surface area contributed by atoms with E-state index in [2.05, 4.69) is 20.7 Å². The highest BCUT2D eigenvalue weighted by atomic mass is 16.5. The van der Waals surface area contributed by atoms with Gasteiger partial charge in [0.15, 0.2) is 0 Å². The summed E-state index contributed by atoms with van der Waals surface area (Å²) in [6.07, 6.45) is 5.18. The number of carbonyl (C=O) groups excluding carboxylic acids is 1. The van der Waals surface area contributed by atoms with Crippen molar-refractivity contribution in [3.05, 3.63) is 72.7 Å². The molecule has 5 rings (SSSR count). The Morgan fingerprint density at radius 2 is 1.91 bits per heavy atom. The predicted molar refractivity (Wildman–Crippen MR) is 129 cm³/mol. The number of fused-ring (bicyclic) bond motifs is 1. The van der Waals surface area contributed by atoms with E-state index in [1.807, 2.05) is 54.6 Å². The van der Waals surface area contributed by atoms with Crippen LogP contribution in [0.5, 0.6) is 5.75 Å². The number of benzene rings is 2. The lowest BCUT2D eigenvalue weighted by molar-refractivity contribution is -0.136. The minimum Gasteiger partial charge on any atom is -0.489 e. The van der Waals surface area contributed by atoms with Crippen molar-refractivity contribution in [3.8, 4) is 16.9 Å². The van der Waals surface area contributed by atoms with E-state index >= 15 is 0 Å². The van der Waals surface area contributed by atoms with Crippen LogP contribution in [0, 0.1) is 5.92 Å². The van der Waals surface area contributed by atoms with Crippen molar-refractivity contribution in [2.45, 2.75) is 25.5 Å². The van der Waals surface area contributed by atoms with Gasteiger partial charge in [0.1, 0.15) is 30.1 Å². The lowest BCUT2D eigenvalue weighted by Crippen LogP contribution is -2.38. The van der Waals surface area contributed by atoms with Gasteiger partial charge in [-0.05, 0) is 36.1 Å². The minimum absolute atomic E-state index is 0.0554. The highest BCUT2D eigenvalue weighted by Crippen LogP contribution is 2.43. The maximum Gasteiger partial charge on any atom is 0.225 e. The summed E-state index contributed by atoms with van der Waals surface area (Å²) in [4.78, 5) is 22.7. The van der Waals surface area contributed by atoms with Crippen molar-refractivity contribution in [3.63, 3.8) is 0 Å². The third-order valence-corrected chi connectivity index (χ3v) is 6.33. The molecule has 1 aliphatic carbocycles. The first-order valence-electron chi connectivity index (χ1n) is 11.1. The molecule has 4 aromatic rings. The van der Waals surface area contributed by atoms with Crippen LogP contribution in [-0.2, 0) is 11.4 Å². The van der Waals surface area contributed by atoms with Crippen molar-refractivity contribution in [2.75, 3.05) is 19.8 Å². The summed E-state index contributed by atoms with van der Waals surface area (Å²) in [6.45, 7) is 0.501. The van der Waals surface area contributed by atoms with E-state index in [0.29, 0.717) is 12.4 Å². The third-order valence-electron chi connectivity index (χ3n) is 6.33. The zero-order valence-corrected chi connectivity index (χ0v) is 18.8. The fraction of sp³-hybridized carbons (Fsp3) is 0.269. The second kappa shape index (κ2) is 8.58. The van der Waals surface area contributed by atoms with Crippen molar-refractivity contribution >= 4 is 22.8 Å². The molecule has 168 valence electrons. The summed E-state index contributed by atoms with van der Waals surface area (Å²) < 4.78 is 8.19. The Morgan fingerprint density at radius 1 is 1.12 bits per heavy atom. The lowest BCUT2D eigenvalue weighted by atomic mass is 9.79. The van der Waals surface area contributed by atoms with Crippen LogP contribution in [-0.4, -0.2) is 39.4 Å². The van der Waals surface area contributed by atoms with Crippen LogP contribution in [0.1, 0.15) is 24.4 Å².